The second-order valence-electron chi connectivity index (χ2n) is 19.6. The highest BCUT2D eigenvalue weighted by molar-refractivity contribution is 6.17. The average Bonchev–Trinajstić information content (AvgIpc) is 4.12. The number of benzene rings is 4. The van der Waals surface area contributed by atoms with Gasteiger partial charge in [0.05, 0.1) is 5.52 Å². The second-order valence-corrected chi connectivity index (χ2v) is 19.6. The summed E-state index contributed by atoms with van der Waals surface area (Å²) in [7, 11) is 0. The zero-order chi connectivity index (χ0) is 48.1. The van der Waals surface area contributed by atoms with E-state index in [9.17, 15) is 33.2 Å². The fourth-order valence-corrected chi connectivity index (χ4v) is 10.9. The minimum atomic E-state index is -1.16. The Morgan fingerprint density at radius 2 is 1.54 bits per heavy atom. The van der Waals surface area contributed by atoms with Gasteiger partial charge in [-0.1, -0.05) is 6.07 Å². The number of carbonyl (C=O) groups excluding carboxylic acids is 6. The molecule has 4 aromatic carbocycles. The van der Waals surface area contributed by atoms with Crippen molar-refractivity contribution in [3.05, 3.63) is 114 Å². The number of pyridine rings is 1. The lowest BCUT2D eigenvalue weighted by Crippen LogP contribution is -2.69. The van der Waals surface area contributed by atoms with Gasteiger partial charge >= 0.3 is 0 Å². The first-order chi connectivity index (χ1) is 34.0. The van der Waals surface area contributed by atoms with Gasteiger partial charge in [0.25, 0.3) is 5.91 Å². The third kappa shape index (κ3) is 9.06. The Bertz CT molecular complexity index is 2890. The Morgan fingerprint density at radius 1 is 0.829 bits per heavy atom. The number of carbonyl (C=O) groups is 6. The van der Waals surface area contributed by atoms with Gasteiger partial charge in [-0.15, -0.1) is 0 Å². The standard InChI is InChI=1S/C53H54FN9O7/c54-33-4-6-34(7-5-33)56-51(68)53(20-21-53)52(69)57-35-8-11-39(12-9-35)70-46-16-22-55-44-27-36(10-13-41(44)46)61-24-17-32(18-25-61)28-62-37-26-38(62)30-60(29-37)23-19-48(65)58-43-3-1-2-40-42(43)31-63(50(40)67)45-14-15-47(64)59-49(45)66/h1-13,16,22,27,32,37-38,45H,14-15,17-21,23-26,28-31H2,(H,56,68)(H,57,69)(H,58,65)(H,59,64,66). The summed E-state index contributed by atoms with van der Waals surface area (Å²) in [6.45, 7) is 5.79. The number of anilines is 4. The molecule has 0 spiro atoms. The van der Waals surface area contributed by atoms with Crippen LogP contribution in [-0.4, -0.2) is 113 Å². The van der Waals surface area contributed by atoms with Crippen LogP contribution in [0.2, 0.25) is 0 Å². The predicted octanol–water partition coefficient (Wildman–Crippen LogP) is 6.29. The van der Waals surface area contributed by atoms with Gasteiger partial charge in [-0.3, -0.25) is 48.9 Å². The number of rotatable bonds is 14. The van der Waals surface area contributed by atoms with Gasteiger partial charge in [0, 0.05) is 116 Å². The van der Waals surface area contributed by atoms with Crippen molar-refractivity contribution in [2.24, 2.45) is 11.3 Å². The van der Waals surface area contributed by atoms with Crippen LogP contribution < -0.4 is 30.9 Å². The van der Waals surface area contributed by atoms with Gasteiger partial charge in [-0.05, 0) is 129 Å². The lowest BCUT2D eigenvalue weighted by atomic mass is 9.84. The van der Waals surface area contributed by atoms with Crippen LogP contribution in [-0.2, 0) is 30.5 Å². The molecule has 1 saturated carbocycles. The first kappa shape index (κ1) is 45.2. The molecule has 4 N–H and O–H groups in total. The summed E-state index contributed by atoms with van der Waals surface area (Å²) < 4.78 is 19.6. The largest absolute Gasteiger partial charge is 0.457 e. The molecule has 12 rings (SSSR count). The monoisotopic (exact) mass is 947 g/mol. The number of nitrogens with zero attached hydrogens (tertiary/aromatic N) is 5. The van der Waals surface area contributed by atoms with Crippen molar-refractivity contribution >= 4 is 69.1 Å². The van der Waals surface area contributed by atoms with Crippen molar-refractivity contribution in [1.82, 2.24) is 25.0 Å². The lowest BCUT2D eigenvalue weighted by molar-refractivity contribution is -0.137. The van der Waals surface area contributed by atoms with Crippen molar-refractivity contribution in [2.45, 2.75) is 76.0 Å². The average molecular weight is 948 g/mol. The molecule has 6 aliphatic heterocycles. The summed E-state index contributed by atoms with van der Waals surface area (Å²) in [6.07, 6.45) is 6.83. The van der Waals surface area contributed by atoms with E-state index in [2.05, 4.69) is 59.1 Å². The zero-order valence-electron chi connectivity index (χ0n) is 38.6. The normalized spacial score (nSPS) is 22.0. The van der Waals surface area contributed by atoms with E-state index in [0.29, 0.717) is 83.5 Å². The predicted molar refractivity (Wildman–Crippen MR) is 260 cm³/mol. The summed E-state index contributed by atoms with van der Waals surface area (Å²) in [5, 5.41) is 11.9. The van der Waals surface area contributed by atoms with Gasteiger partial charge in [-0.25, -0.2) is 4.39 Å². The van der Waals surface area contributed by atoms with Crippen LogP contribution in [0.15, 0.2) is 97.2 Å². The smallest absolute Gasteiger partial charge is 0.255 e. The van der Waals surface area contributed by atoms with Crippen LogP contribution in [0.5, 0.6) is 11.5 Å². The molecule has 360 valence electrons. The number of imide groups is 1. The van der Waals surface area contributed by atoms with Gasteiger partial charge in [0.2, 0.25) is 29.5 Å². The van der Waals surface area contributed by atoms with E-state index < -0.39 is 29.1 Å². The molecule has 6 fully saturated rings. The van der Waals surface area contributed by atoms with Gasteiger partial charge < -0.3 is 30.5 Å². The van der Waals surface area contributed by atoms with E-state index >= 15 is 0 Å². The summed E-state index contributed by atoms with van der Waals surface area (Å²) in [4.78, 5) is 90.6. The van der Waals surface area contributed by atoms with Gasteiger partial charge in [0.1, 0.15) is 28.8 Å². The van der Waals surface area contributed by atoms with Crippen molar-refractivity contribution < 1.29 is 37.9 Å². The number of ether oxygens (including phenoxy) is 1. The van der Waals surface area contributed by atoms with Crippen molar-refractivity contribution in [3.8, 4) is 11.5 Å². The Balaban J connectivity index is 0.621. The van der Waals surface area contributed by atoms with Crippen LogP contribution >= 0.6 is 0 Å². The highest BCUT2D eigenvalue weighted by atomic mass is 19.1. The lowest BCUT2D eigenvalue weighted by Gasteiger charge is -2.57. The van der Waals surface area contributed by atoms with Crippen LogP contribution in [0.3, 0.4) is 0 Å². The first-order valence-electron chi connectivity index (χ1n) is 24.3. The molecule has 5 saturated heterocycles. The SMILES string of the molecule is O=C1CCC(N2Cc3c(NC(=O)CCN4CC5CC(C4)N5CC4CCN(c5ccc6c(Oc7ccc(NC(=O)C8(C(=O)Nc9ccc(F)cc9)CC8)cc7)ccnc6c5)CC4)cccc3C2=O)C(=O)N1. The molecule has 3 atom stereocenters. The number of piperazine rings is 1. The number of aromatic nitrogens is 1. The zero-order valence-corrected chi connectivity index (χ0v) is 38.6. The number of halogens is 1. The molecule has 17 heteroatoms. The molecule has 0 radical (unpaired) electrons. The maximum atomic E-state index is 13.3. The van der Waals surface area contributed by atoms with Crippen LogP contribution in [0, 0.1) is 17.2 Å². The number of hydrogen-bond donors (Lipinski definition) is 4. The molecule has 6 amide bonds. The van der Waals surface area contributed by atoms with Crippen molar-refractivity contribution in [1.29, 1.82) is 0 Å². The Morgan fingerprint density at radius 3 is 2.24 bits per heavy atom. The van der Waals surface area contributed by atoms with Crippen molar-refractivity contribution in [2.75, 3.05) is 60.1 Å². The van der Waals surface area contributed by atoms with E-state index in [1.807, 2.05) is 6.07 Å². The fourth-order valence-electron chi connectivity index (χ4n) is 10.9. The number of hydrogen-bond acceptors (Lipinski definition) is 11. The molecule has 2 bridgehead atoms. The first-order valence-corrected chi connectivity index (χ1v) is 24.3. The number of amides is 6. The molecule has 1 aliphatic carbocycles. The molecule has 7 aliphatic rings. The second kappa shape index (κ2) is 18.6. The summed E-state index contributed by atoms with van der Waals surface area (Å²) in [5.74, 6) is -0.490. The number of fused-ring (bicyclic) bond motifs is 4. The number of nitrogens with one attached hydrogen (secondary N) is 4. The molecular weight excluding hydrogens is 894 g/mol. The van der Waals surface area contributed by atoms with E-state index in [-0.39, 0.29) is 43.0 Å². The van der Waals surface area contributed by atoms with Crippen molar-refractivity contribution in [3.63, 3.8) is 0 Å². The maximum absolute atomic E-state index is 13.3. The summed E-state index contributed by atoms with van der Waals surface area (Å²) in [5.41, 5.74) is 3.55. The quantitative estimate of drug-likeness (QED) is 0.0725. The molecule has 5 aromatic rings. The minimum Gasteiger partial charge on any atom is -0.457 e. The minimum absolute atomic E-state index is 0.107. The Labute approximate surface area is 403 Å². The van der Waals surface area contributed by atoms with Gasteiger partial charge in [0.15, 0.2) is 0 Å². The summed E-state index contributed by atoms with van der Waals surface area (Å²) >= 11 is 0. The molecule has 16 nitrogen and oxygen atoms in total. The number of piperidine rings is 3. The van der Waals surface area contributed by atoms with E-state index in [1.54, 1.807) is 48.7 Å². The van der Waals surface area contributed by atoms with E-state index in [4.69, 9.17) is 4.74 Å². The highest BCUT2D eigenvalue weighted by Gasteiger charge is 2.56. The molecule has 1 aromatic heterocycles. The molecule has 7 heterocycles. The van der Waals surface area contributed by atoms with E-state index in [0.717, 1.165) is 62.2 Å². The van der Waals surface area contributed by atoms with E-state index in [1.165, 1.54) is 35.6 Å². The fraction of sp³-hybridized carbons (Fsp3) is 0.377. The third-order valence-electron chi connectivity index (χ3n) is 15.1. The summed E-state index contributed by atoms with van der Waals surface area (Å²) in [6, 6.07) is 26.2. The van der Waals surface area contributed by atoms with Gasteiger partial charge in [-0.2, -0.15) is 0 Å². The maximum Gasteiger partial charge on any atom is 0.255 e. The third-order valence-corrected chi connectivity index (χ3v) is 15.1. The topological polar surface area (TPSA) is 186 Å². The Kier molecular flexibility index (Phi) is 12.0. The molecule has 3 unspecified atom stereocenters. The highest BCUT2D eigenvalue weighted by Crippen LogP contribution is 2.48. The van der Waals surface area contributed by atoms with Crippen LogP contribution in [0.25, 0.3) is 10.9 Å². The molecule has 70 heavy (non-hydrogen) atoms. The molecular formula is C53H54FN9O7. The Hall–Kier alpha value is -7.24. The van der Waals surface area contributed by atoms with Crippen LogP contribution in [0.4, 0.5) is 27.1 Å². The van der Waals surface area contributed by atoms with Crippen LogP contribution in [0.1, 0.15) is 67.3 Å².